The zero-order valence-electron chi connectivity index (χ0n) is 13.0. The van der Waals surface area contributed by atoms with Crippen molar-refractivity contribution in [1.82, 2.24) is 4.90 Å². The molecule has 0 radical (unpaired) electrons. The zero-order chi connectivity index (χ0) is 16.3. The first-order valence-electron chi connectivity index (χ1n) is 6.97. The summed E-state index contributed by atoms with van der Waals surface area (Å²) in [5.74, 6) is 1.71. The normalized spacial score (nSPS) is 13.5. The molecule has 0 spiro atoms. The van der Waals surface area contributed by atoms with Crippen molar-refractivity contribution in [3.8, 4) is 0 Å². The molecule has 0 aliphatic heterocycles. The zero-order valence-corrected chi connectivity index (χ0v) is 13.8. The minimum Gasteiger partial charge on any atom is -0.465 e. The second kappa shape index (κ2) is 6.64. The summed E-state index contributed by atoms with van der Waals surface area (Å²) in [5.41, 5.74) is 0.690. The summed E-state index contributed by atoms with van der Waals surface area (Å²) in [5, 5.41) is 10.2. The Morgan fingerprint density at radius 1 is 1.18 bits per heavy atom. The van der Waals surface area contributed by atoms with E-state index in [1.165, 1.54) is 12.1 Å². The summed E-state index contributed by atoms with van der Waals surface area (Å²) in [6.45, 7) is 2.92. The van der Waals surface area contributed by atoms with Gasteiger partial charge in [0.05, 0.1) is 17.5 Å². The summed E-state index contributed by atoms with van der Waals surface area (Å²) >= 11 is 0. The Bertz CT molecular complexity index is 719. The van der Waals surface area contributed by atoms with E-state index in [2.05, 4.69) is 0 Å². The lowest BCUT2D eigenvalue weighted by molar-refractivity contribution is 0.120. The van der Waals surface area contributed by atoms with Gasteiger partial charge in [-0.05, 0) is 43.8 Å². The third-order valence-corrected chi connectivity index (χ3v) is 4.53. The van der Waals surface area contributed by atoms with Gasteiger partial charge in [0, 0.05) is 12.8 Å². The van der Waals surface area contributed by atoms with Gasteiger partial charge in [-0.15, -0.1) is 0 Å². The smallest absolute Gasteiger partial charge is 0.175 e. The highest BCUT2D eigenvalue weighted by Gasteiger charge is 2.14. The lowest BCUT2D eigenvalue weighted by Gasteiger charge is -2.20. The highest BCUT2D eigenvalue weighted by Crippen LogP contribution is 2.18. The highest BCUT2D eigenvalue weighted by atomic mass is 32.2. The van der Waals surface area contributed by atoms with E-state index in [0.717, 1.165) is 17.8 Å². The fourth-order valence-corrected chi connectivity index (χ4v) is 2.87. The Balaban J connectivity index is 1.98. The molecule has 2 aromatic rings. The van der Waals surface area contributed by atoms with Gasteiger partial charge in [-0.2, -0.15) is 0 Å². The lowest BCUT2D eigenvalue weighted by Crippen LogP contribution is -2.24. The van der Waals surface area contributed by atoms with Gasteiger partial charge in [0.1, 0.15) is 11.5 Å². The molecule has 0 saturated heterocycles. The number of sulfone groups is 1. The van der Waals surface area contributed by atoms with Crippen molar-refractivity contribution in [2.75, 3.05) is 19.8 Å². The largest absolute Gasteiger partial charge is 0.465 e. The molecule has 1 N–H and O–H groups in total. The molecule has 0 bridgehead atoms. The molecule has 120 valence electrons. The van der Waals surface area contributed by atoms with Crippen LogP contribution in [0.1, 0.15) is 23.2 Å². The Morgan fingerprint density at radius 3 is 2.32 bits per heavy atom. The maximum Gasteiger partial charge on any atom is 0.175 e. The first-order chi connectivity index (χ1) is 10.3. The number of nitrogens with zero attached hydrogens (tertiary/aromatic N) is 1. The van der Waals surface area contributed by atoms with Gasteiger partial charge in [-0.1, -0.05) is 12.1 Å². The van der Waals surface area contributed by atoms with E-state index in [1.807, 2.05) is 31.0 Å². The second-order valence-electron chi connectivity index (χ2n) is 5.57. The summed E-state index contributed by atoms with van der Waals surface area (Å²) in [6, 6.07) is 10.1. The van der Waals surface area contributed by atoms with Crippen LogP contribution in [0.3, 0.4) is 0 Å². The molecule has 1 unspecified atom stereocenters. The maximum absolute atomic E-state index is 11.4. The summed E-state index contributed by atoms with van der Waals surface area (Å²) in [7, 11) is -1.32. The van der Waals surface area contributed by atoms with Crippen molar-refractivity contribution in [1.29, 1.82) is 0 Å². The van der Waals surface area contributed by atoms with Crippen LogP contribution >= 0.6 is 0 Å². The number of likely N-dealkylation sites (N-methyl/N-ethyl adjacent to an activating group) is 1. The van der Waals surface area contributed by atoms with E-state index in [1.54, 1.807) is 12.1 Å². The van der Waals surface area contributed by atoms with Crippen molar-refractivity contribution in [3.63, 3.8) is 0 Å². The van der Waals surface area contributed by atoms with Crippen LogP contribution in [0.5, 0.6) is 0 Å². The minimum atomic E-state index is -3.21. The minimum absolute atomic E-state index is 0.253. The van der Waals surface area contributed by atoms with Gasteiger partial charge >= 0.3 is 0 Å². The van der Waals surface area contributed by atoms with Gasteiger partial charge in [0.15, 0.2) is 9.84 Å². The standard InChI is InChI=1S/C16H21NO4S/c1-12-4-7-14(21-12)10-17(2)11-16(18)13-5-8-15(9-6-13)22(3,19)20/h4-9,16,18H,10-11H2,1-3H3. The predicted octanol–water partition coefficient (Wildman–Crippen LogP) is 2.16. The van der Waals surface area contributed by atoms with Crippen LogP contribution in [0.4, 0.5) is 0 Å². The van der Waals surface area contributed by atoms with Gasteiger partial charge in [0.2, 0.25) is 0 Å². The number of aliphatic hydroxyl groups excluding tert-OH is 1. The van der Waals surface area contributed by atoms with Crippen molar-refractivity contribution in [2.24, 2.45) is 0 Å². The second-order valence-corrected chi connectivity index (χ2v) is 7.58. The van der Waals surface area contributed by atoms with E-state index >= 15 is 0 Å². The SMILES string of the molecule is Cc1ccc(CN(C)CC(O)c2ccc(S(C)(=O)=O)cc2)o1. The Morgan fingerprint density at radius 2 is 1.82 bits per heavy atom. The number of hydrogen-bond acceptors (Lipinski definition) is 5. The van der Waals surface area contributed by atoms with E-state index in [4.69, 9.17) is 4.42 Å². The lowest BCUT2D eigenvalue weighted by atomic mass is 10.1. The third kappa shape index (κ3) is 4.43. The number of rotatable bonds is 6. The summed E-state index contributed by atoms with van der Waals surface area (Å²) < 4.78 is 28.3. The van der Waals surface area contributed by atoms with Crippen LogP contribution in [-0.4, -0.2) is 38.3 Å². The van der Waals surface area contributed by atoms with Crippen molar-refractivity contribution in [2.45, 2.75) is 24.5 Å². The fraction of sp³-hybridized carbons (Fsp3) is 0.375. The van der Waals surface area contributed by atoms with Crippen molar-refractivity contribution in [3.05, 3.63) is 53.5 Å². The quantitative estimate of drug-likeness (QED) is 0.882. The Kier molecular flexibility index (Phi) is 5.05. The molecule has 5 nitrogen and oxygen atoms in total. The third-order valence-electron chi connectivity index (χ3n) is 3.40. The Labute approximate surface area is 131 Å². The molecule has 0 amide bonds. The first kappa shape index (κ1) is 16.7. The predicted molar refractivity (Wildman–Crippen MR) is 84.3 cm³/mol. The average molecular weight is 323 g/mol. The fourth-order valence-electron chi connectivity index (χ4n) is 2.24. The van der Waals surface area contributed by atoms with Crippen LogP contribution in [0.15, 0.2) is 45.7 Å². The van der Waals surface area contributed by atoms with Crippen LogP contribution < -0.4 is 0 Å². The van der Waals surface area contributed by atoms with E-state index in [9.17, 15) is 13.5 Å². The molecular weight excluding hydrogens is 302 g/mol. The highest BCUT2D eigenvalue weighted by molar-refractivity contribution is 7.90. The molecular formula is C16H21NO4S. The molecule has 0 aliphatic carbocycles. The number of benzene rings is 1. The molecule has 1 atom stereocenters. The molecule has 0 saturated carbocycles. The van der Waals surface area contributed by atoms with Crippen molar-refractivity contribution < 1.29 is 17.9 Å². The topological polar surface area (TPSA) is 70.8 Å². The molecule has 1 heterocycles. The monoisotopic (exact) mass is 323 g/mol. The van der Waals surface area contributed by atoms with E-state index in [0.29, 0.717) is 18.7 Å². The summed E-state index contributed by atoms with van der Waals surface area (Å²) in [4.78, 5) is 2.20. The molecule has 6 heteroatoms. The summed E-state index contributed by atoms with van der Waals surface area (Å²) in [6.07, 6.45) is 0.479. The Hall–Kier alpha value is -1.63. The average Bonchev–Trinajstić information content (AvgIpc) is 2.83. The molecule has 1 aromatic carbocycles. The van der Waals surface area contributed by atoms with Gasteiger partial charge in [0.25, 0.3) is 0 Å². The van der Waals surface area contributed by atoms with Gasteiger partial charge in [-0.25, -0.2) is 8.42 Å². The molecule has 0 fully saturated rings. The molecule has 0 aliphatic rings. The van der Waals surface area contributed by atoms with Crippen LogP contribution in [-0.2, 0) is 16.4 Å². The van der Waals surface area contributed by atoms with E-state index < -0.39 is 15.9 Å². The van der Waals surface area contributed by atoms with E-state index in [-0.39, 0.29) is 4.90 Å². The van der Waals surface area contributed by atoms with Gasteiger partial charge in [-0.3, -0.25) is 4.90 Å². The molecule has 22 heavy (non-hydrogen) atoms. The van der Waals surface area contributed by atoms with Crippen LogP contribution in [0, 0.1) is 6.92 Å². The van der Waals surface area contributed by atoms with Crippen molar-refractivity contribution >= 4 is 9.84 Å². The molecule has 2 rings (SSSR count). The number of furan rings is 1. The van der Waals surface area contributed by atoms with Crippen LogP contribution in [0.2, 0.25) is 0 Å². The number of aliphatic hydroxyl groups is 1. The number of hydrogen-bond donors (Lipinski definition) is 1. The number of aryl methyl sites for hydroxylation is 1. The maximum atomic E-state index is 11.4. The first-order valence-corrected chi connectivity index (χ1v) is 8.87. The van der Waals surface area contributed by atoms with Crippen LogP contribution in [0.25, 0.3) is 0 Å². The molecule has 1 aromatic heterocycles. The van der Waals surface area contributed by atoms with Gasteiger partial charge < -0.3 is 9.52 Å².